The number of halogens is 1. The van der Waals surface area contributed by atoms with Gasteiger partial charge in [0.15, 0.2) is 0 Å². The lowest BCUT2D eigenvalue weighted by molar-refractivity contribution is -0.125. The number of rotatable bonds is 4. The summed E-state index contributed by atoms with van der Waals surface area (Å²) in [6.45, 7) is 3.72. The number of carbonyl (C=O) groups is 1. The van der Waals surface area contributed by atoms with Gasteiger partial charge in [0, 0.05) is 12.0 Å². The van der Waals surface area contributed by atoms with E-state index in [2.05, 4.69) is 11.4 Å². The Morgan fingerprint density at radius 2 is 2.15 bits per heavy atom. The Hall–Kier alpha value is -1.26. The Morgan fingerprint density at radius 1 is 1.45 bits per heavy atom. The number of amides is 1. The van der Waals surface area contributed by atoms with Crippen LogP contribution in [0.25, 0.3) is 0 Å². The predicted octanol–water partition coefficient (Wildman–Crippen LogP) is 2.20. The van der Waals surface area contributed by atoms with Gasteiger partial charge in [0.25, 0.3) is 0 Å². The van der Waals surface area contributed by atoms with Crippen molar-refractivity contribution in [2.45, 2.75) is 38.8 Å². The van der Waals surface area contributed by atoms with Crippen molar-refractivity contribution in [2.24, 2.45) is 11.7 Å². The first kappa shape index (κ1) is 16.8. The standard InChI is InChI=1S/C15H22N2O2.ClH/c1-9(10(2)16)15(18)17-13-8-7-12-11(13)5-4-6-14(12)19-3;/h4-6,9-10,13H,7-8,16H2,1-3H3,(H,17,18);1H. The fourth-order valence-corrected chi connectivity index (χ4v) is 2.50. The summed E-state index contributed by atoms with van der Waals surface area (Å²) in [4.78, 5) is 12.1. The van der Waals surface area contributed by atoms with Crippen LogP contribution in [0.1, 0.15) is 37.4 Å². The minimum absolute atomic E-state index is 0. The molecule has 4 nitrogen and oxygen atoms in total. The van der Waals surface area contributed by atoms with Crippen LogP contribution >= 0.6 is 12.4 Å². The van der Waals surface area contributed by atoms with Crippen LogP contribution in [0.2, 0.25) is 0 Å². The number of carbonyl (C=O) groups excluding carboxylic acids is 1. The van der Waals surface area contributed by atoms with E-state index in [0.29, 0.717) is 0 Å². The summed E-state index contributed by atoms with van der Waals surface area (Å²) in [5.74, 6) is 0.764. The summed E-state index contributed by atoms with van der Waals surface area (Å²) in [5.41, 5.74) is 8.15. The van der Waals surface area contributed by atoms with E-state index in [9.17, 15) is 4.79 Å². The molecule has 0 bridgehead atoms. The maximum absolute atomic E-state index is 12.1. The number of fused-ring (bicyclic) bond motifs is 1. The van der Waals surface area contributed by atoms with Crippen molar-refractivity contribution in [3.05, 3.63) is 29.3 Å². The Labute approximate surface area is 126 Å². The Morgan fingerprint density at radius 3 is 2.75 bits per heavy atom. The van der Waals surface area contributed by atoms with E-state index in [0.717, 1.165) is 18.6 Å². The van der Waals surface area contributed by atoms with E-state index >= 15 is 0 Å². The van der Waals surface area contributed by atoms with E-state index < -0.39 is 0 Å². The Bertz CT molecular complexity index is 477. The van der Waals surface area contributed by atoms with Gasteiger partial charge in [0.2, 0.25) is 5.91 Å². The van der Waals surface area contributed by atoms with E-state index in [-0.39, 0.29) is 36.3 Å². The summed E-state index contributed by atoms with van der Waals surface area (Å²) >= 11 is 0. The SMILES string of the molecule is COc1cccc2c1CCC2NC(=O)C(C)C(C)N.Cl. The summed E-state index contributed by atoms with van der Waals surface area (Å²) in [7, 11) is 1.68. The van der Waals surface area contributed by atoms with Gasteiger partial charge in [0.1, 0.15) is 5.75 Å². The smallest absolute Gasteiger partial charge is 0.224 e. The molecule has 1 aromatic carbocycles. The van der Waals surface area contributed by atoms with Crippen LogP contribution in [0, 0.1) is 5.92 Å². The molecule has 3 atom stereocenters. The number of methoxy groups -OCH3 is 1. The molecule has 0 saturated carbocycles. The predicted molar refractivity (Wildman–Crippen MR) is 82.3 cm³/mol. The molecule has 112 valence electrons. The molecule has 5 heteroatoms. The van der Waals surface area contributed by atoms with Crippen LogP contribution in [-0.2, 0) is 11.2 Å². The lowest BCUT2D eigenvalue weighted by atomic mass is 10.0. The molecule has 0 fully saturated rings. The van der Waals surface area contributed by atoms with Crippen LogP contribution in [-0.4, -0.2) is 19.1 Å². The fourth-order valence-electron chi connectivity index (χ4n) is 2.50. The van der Waals surface area contributed by atoms with Crippen molar-refractivity contribution in [2.75, 3.05) is 7.11 Å². The van der Waals surface area contributed by atoms with Crippen molar-refractivity contribution in [1.82, 2.24) is 5.32 Å². The zero-order valence-electron chi connectivity index (χ0n) is 12.2. The monoisotopic (exact) mass is 298 g/mol. The van der Waals surface area contributed by atoms with Gasteiger partial charge in [-0.3, -0.25) is 4.79 Å². The number of benzene rings is 1. The summed E-state index contributed by atoms with van der Waals surface area (Å²) in [5, 5.41) is 3.09. The molecule has 0 aliphatic heterocycles. The van der Waals surface area contributed by atoms with Crippen molar-refractivity contribution in [1.29, 1.82) is 0 Å². The van der Waals surface area contributed by atoms with Gasteiger partial charge in [-0.25, -0.2) is 0 Å². The van der Waals surface area contributed by atoms with Crippen molar-refractivity contribution >= 4 is 18.3 Å². The Kier molecular flexibility index (Phi) is 5.84. The van der Waals surface area contributed by atoms with Crippen LogP contribution in [0.5, 0.6) is 5.75 Å². The summed E-state index contributed by atoms with van der Waals surface area (Å²) < 4.78 is 5.36. The van der Waals surface area contributed by atoms with Crippen LogP contribution in [0.3, 0.4) is 0 Å². The molecular formula is C15H23ClN2O2. The molecule has 1 aliphatic carbocycles. The maximum Gasteiger partial charge on any atom is 0.224 e. The van der Waals surface area contributed by atoms with Gasteiger partial charge in [-0.05, 0) is 37.0 Å². The summed E-state index contributed by atoms with van der Waals surface area (Å²) in [6.07, 6.45) is 1.87. The molecule has 20 heavy (non-hydrogen) atoms. The van der Waals surface area contributed by atoms with Gasteiger partial charge in [0.05, 0.1) is 13.2 Å². The van der Waals surface area contributed by atoms with Crippen LogP contribution < -0.4 is 15.8 Å². The molecule has 1 aliphatic rings. The first-order valence-corrected chi connectivity index (χ1v) is 6.76. The molecular weight excluding hydrogens is 276 g/mol. The normalized spacial score (nSPS) is 19.5. The van der Waals surface area contributed by atoms with Crippen molar-refractivity contribution < 1.29 is 9.53 Å². The number of ether oxygens (including phenoxy) is 1. The molecule has 1 aromatic rings. The minimum atomic E-state index is -0.172. The Balaban J connectivity index is 0.00000200. The number of hydrogen-bond donors (Lipinski definition) is 2. The molecule has 0 heterocycles. The maximum atomic E-state index is 12.1. The second-order valence-corrected chi connectivity index (χ2v) is 5.28. The molecule has 0 radical (unpaired) electrons. The van der Waals surface area contributed by atoms with Crippen molar-refractivity contribution in [3.8, 4) is 5.75 Å². The van der Waals surface area contributed by atoms with Crippen LogP contribution in [0.15, 0.2) is 18.2 Å². The largest absolute Gasteiger partial charge is 0.496 e. The van der Waals surface area contributed by atoms with Crippen LogP contribution in [0.4, 0.5) is 0 Å². The van der Waals surface area contributed by atoms with Gasteiger partial charge < -0.3 is 15.8 Å². The summed E-state index contributed by atoms with van der Waals surface area (Å²) in [6, 6.07) is 5.95. The highest BCUT2D eigenvalue weighted by atomic mass is 35.5. The lowest BCUT2D eigenvalue weighted by Crippen LogP contribution is -2.39. The van der Waals surface area contributed by atoms with E-state index in [1.807, 2.05) is 26.0 Å². The van der Waals surface area contributed by atoms with Gasteiger partial charge >= 0.3 is 0 Å². The zero-order chi connectivity index (χ0) is 14.0. The van der Waals surface area contributed by atoms with Gasteiger partial charge in [-0.1, -0.05) is 19.1 Å². The highest BCUT2D eigenvalue weighted by Gasteiger charge is 2.28. The molecule has 1 amide bonds. The quantitative estimate of drug-likeness (QED) is 0.896. The van der Waals surface area contributed by atoms with Gasteiger partial charge in [-0.15, -0.1) is 12.4 Å². The lowest BCUT2D eigenvalue weighted by Gasteiger charge is -2.20. The van der Waals surface area contributed by atoms with Crippen molar-refractivity contribution in [3.63, 3.8) is 0 Å². The zero-order valence-corrected chi connectivity index (χ0v) is 13.0. The molecule has 0 spiro atoms. The molecule has 0 saturated heterocycles. The van der Waals surface area contributed by atoms with E-state index in [1.54, 1.807) is 7.11 Å². The molecule has 2 rings (SSSR count). The fraction of sp³-hybridized carbons (Fsp3) is 0.533. The third-order valence-corrected chi connectivity index (χ3v) is 3.97. The molecule has 3 N–H and O–H groups in total. The van der Waals surface area contributed by atoms with E-state index in [1.165, 1.54) is 11.1 Å². The third kappa shape index (κ3) is 3.25. The first-order valence-electron chi connectivity index (χ1n) is 6.76. The average Bonchev–Trinajstić information content (AvgIpc) is 2.80. The third-order valence-electron chi connectivity index (χ3n) is 3.97. The number of nitrogens with one attached hydrogen (secondary N) is 1. The second kappa shape index (κ2) is 6.95. The second-order valence-electron chi connectivity index (χ2n) is 5.28. The minimum Gasteiger partial charge on any atom is -0.496 e. The van der Waals surface area contributed by atoms with Gasteiger partial charge in [-0.2, -0.15) is 0 Å². The number of hydrogen-bond acceptors (Lipinski definition) is 3. The molecule has 3 unspecified atom stereocenters. The highest BCUT2D eigenvalue weighted by Crippen LogP contribution is 2.36. The first-order chi connectivity index (χ1) is 9.04. The topological polar surface area (TPSA) is 64.3 Å². The average molecular weight is 299 g/mol. The number of nitrogens with two attached hydrogens (primary N) is 1. The van der Waals surface area contributed by atoms with E-state index in [4.69, 9.17) is 10.5 Å². The molecule has 0 aromatic heterocycles. The highest BCUT2D eigenvalue weighted by molar-refractivity contribution is 5.85.